The van der Waals surface area contributed by atoms with E-state index in [9.17, 15) is 4.79 Å². The second-order valence-corrected chi connectivity index (χ2v) is 5.40. The summed E-state index contributed by atoms with van der Waals surface area (Å²) in [5, 5.41) is 8.75. The molecule has 1 aliphatic rings. The van der Waals surface area contributed by atoms with Crippen LogP contribution < -0.4 is 0 Å². The minimum absolute atomic E-state index is 0.0572. The Kier molecular flexibility index (Phi) is 5.15. The van der Waals surface area contributed by atoms with Crippen molar-refractivity contribution in [1.82, 2.24) is 4.90 Å². The topological polar surface area (TPSA) is 49.8 Å². The zero-order valence-electron chi connectivity index (χ0n) is 12.3. The van der Waals surface area contributed by atoms with Gasteiger partial charge in [0, 0.05) is 18.7 Å². The van der Waals surface area contributed by atoms with Crippen LogP contribution in [0.4, 0.5) is 0 Å². The Morgan fingerprint density at radius 2 is 2.05 bits per heavy atom. The first kappa shape index (κ1) is 15.0. The maximum atomic E-state index is 12.5. The molecule has 2 rings (SSSR count). The lowest BCUT2D eigenvalue weighted by Crippen LogP contribution is -2.41. The molecule has 0 saturated carbocycles. The van der Waals surface area contributed by atoms with E-state index in [0.717, 1.165) is 37.1 Å². The van der Waals surface area contributed by atoms with Gasteiger partial charge in [-0.05, 0) is 38.3 Å². The summed E-state index contributed by atoms with van der Waals surface area (Å²) in [6.07, 6.45) is 1.86. The highest BCUT2D eigenvalue weighted by Gasteiger charge is 2.24. The van der Waals surface area contributed by atoms with E-state index in [1.807, 2.05) is 36.9 Å². The van der Waals surface area contributed by atoms with Gasteiger partial charge in [-0.3, -0.25) is 4.79 Å². The summed E-state index contributed by atoms with van der Waals surface area (Å²) in [7, 11) is 0. The van der Waals surface area contributed by atoms with Crippen LogP contribution in [0.25, 0.3) is 0 Å². The maximum Gasteiger partial charge on any atom is 0.254 e. The zero-order valence-corrected chi connectivity index (χ0v) is 12.3. The quantitative estimate of drug-likeness (QED) is 0.914. The minimum atomic E-state index is 0.0572. The number of hydrogen-bond acceptors (Lipinski definition) is 3. The molecule has 4 heteroatoms. The van der Waals surface area contributed by atoms with Gasteiger partial charge in [0.25, 0.3) is 5.91 Å². The monoisotopic (exact) mass is 277 g/mol. The van der Waals surface area contributed by atoms with Crippen molar-refractivity contribution in [3.63, 3.8) is 0 Å². The fourth-order valence-corrected chi connectivity index (χ4v) is 2.67. The van der Waals surface area contributed by atoms with Crippen LogP contribution in [0, 0.1) is 13.8 Å². The predicted octanol–water partition coefficient (Wildman–Crippen LogP) is 1.92. The van der Waals surface area contributed by atoms with Crippen LogP contribution in [0.3, 0.4) is 0 Å². The average Bonchev–Trinajstić information content (AvgIpc) is 2.45. The predicted molar refractivity (Wildman–Crippen MR) is 77.9 cm³/mol. The molecule has 0 spiro atoms. The molecule has 20 heavy (non-hydrogen) atoms. The number of nitrogens with zero attached hydrogens (tertiary/aromatic N) is 1. The van der Waals surface area contributed by atoms with E-state index in [2.05, 4.69) is 0 Å². The second kappa shape index (κ2) is 6.86. The smallest absolute Gasteiger partial charge is 0.254 e. The average molecular weight is 277 g/mol. The number of carbonyl (C=O) groups is 1. The Morgan fingerprint density at radius 3 is 2.65 bits per heavy atom. The van der Waals surface area contributed by atoms with Crippen molar-refractivity contribution in [1.29, 1.82) is 0 Å². The minimum Gasteiger partial charge on any atom is -0.394 e. The van der Waals surface area contributed by atoms with E-state index >= 15 is 0 Å². The molecule has 0 aliphatic carbocycles. The van der Waals surface area contributed by atoms with Gasteiger partial charge < -0.3 is 14.7 Å². The van der Waals surface area contributed by atoms with Gasteiger partial charge in [0.15, 0.2) is 0 Å². The Labute approximate surface area is 120 Å². The fourth-order valence-electron chi connectivity index (χ4n) is 2.67. The lowest BCUT2D eigenvalue weighted by molar-refractivity contribution is -0.00555. The van der Waals surface area contributed by atoms with Crippen LogP contribution >= 0.6 is 0 Å². The first-order chi connectivity index (χ1) is 9.61. The molecule has 4 nitrogen and oxygen atoms in total. The number of benzene rings is 1. The zero-order chi connectivity index (χ0) is 14.5. The molecular weight excluding hydrogens is 254 g/mol. The molecule has 1 N–H and O–H groups in total. The molecule has 1 fully saturated rings. The van der Waals surface area contributed by atoms with Gasteiger partial charge in [0.2, 0.25) is 0 Å². The van der Waals surface area contributed by atoms with Gasteiger partial charge in [-0.15, -0.1) is 0 Å². The molecule has 0 unspecified atom stereocenters. The number of piperidine rings is 1. The number of carbonyl (C=O) groups excluding carboxylic acids is 1. The normalized spacial score (nSPS) is 16.4. The molecule has 0 atom stereocenters. The van der Waals surface area contributed by atoms with Gasteiger partial charge in [-0.1, -0.05) is 17.7 Å². The van der Waals surface area contributed by atoms with E-state index in [4.69, 9.17) is 9.84 Å². The summed E-state index contributed by atoms with van der Waals surface area (Å²) in [5.74, 6) is 0.114. The van der Waals surface area contributed by atoms with Crippen molar-refractivity contribution in [3.8, 4) is 0 Å². The molecule has 1 aromatic rings. The fraction of sp³-hybridized carbons (Fsp3) is 0.562. The third-order valence-corrected chi connectivity index (χ3v) is 3.79. The Balaban J connectivity index is 1.94. The molecule has 0 radical (unpaired) electrons. The molecule has 0 bridgehead atoms. The largest absolute Gasteiger partial charge is 0.394 e. The summed E-state index contributed by atoms with van der Waals surface area (Å²) >= 11 is 0. The molecule has 1 aliphatic heterocycles. The van der Waals surface area contributed by atoms with E-state index < -0.39 is 0 Å². The third-order valence-electron chi connectivity index (χ3n) is 3.79. The van der Waals surface area contributed by atoms with Gasteiger partial charge in [-0.25, -0.2) is 0 Å². The molecule has 110 valence electrons. The third kappa shape index (κ3) is 3.58. The number of aliphatic hydroxyl groups is 1. The van der Waals surface area contributed by atoms with Gasteiger partial charge in [0.1, 0.15) is 0 Å². The molecule has 1 aromatic carbocycles. The number of amides is 1. The van der Waals surface area contributed by atoms with E-state index in [1.54, 1.807) is 0 Å². The number of aryl methyl sites for hydroxylation is 2. The van der Waals surface area contributed by atoms with Crippen LogP contribution in [0.5, 0.6) is 0 Å². The Hall–Kier alpha value is -1.39. The molecule has 1 heterocycles. The van der Waals surface area contributed by atoms with Crippen molar-refractivity contribution < 1.29 is 14.6 Å². The first-order valence-corrected chi connectivity index (χ1v) is 7.21. The Morgan fingerprint density at radius 1 is 1.35 bits per heavy atom. The van der Waals surface area contributed by atoms with Crippen LogP contribution in [0.1, 0.15) is 34.3 Å². The lowest BCUT2D eigenvalue weighted by Gasteiger charge is -2.32. The number of hydrogen-bond donors (Lipinski definition) is 1. The number of aliphatic hydroxyl groups excluding tert-OH is 1. The van der Waals surface area contributed by atoms with Crippen molar-refractivity contribution in [2.75, 3.05) is 26.3 Å². The summed E-state index contributed by atoms with van der Waals surface area (Å²) in [6, 6.07) is 5.95. The molecular formula is C16H23NO3. The molecule has 1 amide bonds. The first-order valence-electron chi connectivity index (χ1n) is 7.21. The van der Waals surface area contributed by atoms with Gasteiger partial charge >= 0.3 is 0 Å². The van der Waals surface area contributed by atoms with Crippen LogP contribution in [-0.2, 0) is 4.74 Å². The number of likely N-dealkylation sites (tertiary alicyclic amines) is 1. The highest BCUT2D eigenvalue weighted by atomic mass is 16.5. The van der Waals surface area contributed by atoms with Crippen molar-refractivity contribution >= 4 is 5.91 Å². The SMILES string of the molecule is Cc1ccc(C(=O)N2CCC(OCCO)CC2)c(C)c1. The lowest BCUT2D eigenvalue weighted by atomic mass is 10.0. The maximum absolute atomic E-state index is 12.5. The van der Waals surface area contributed by atoms with E-state index in [-0.39, 0.29) is 18.6 Å². The molecule has 0 aromatic heterocycles. The van der Waals surface area contributed by atoms with Crippen molar-refractivity contribution in [2.24, 2.45) is 0 Å². The Bertz CT molecular complexity index is 465. The van der Waals surface area contributed by atoms with Crippen molar-refractivity contribution in [2.45, 2.75) is 32.8 Å². The highest BCUT2D eigenvalue weighted by Crippen LogP contribution is 2.18. The summed E-state index contributed by atoms with van der Waals surface area (Å²) < 4.78 is 5.52. The van der Waals surface area contributed by atoms with E-state index in [1.165, 1.54) is 5.56 Å². The second-order valence-electron chi connectivity index (χ2n) is 5.40. The number of ether oxygens (including phenoxy) is 1. The van der Waals surface area contributed by atoms with Crippen LogP contribution in [0.2, 0.25) is 0 Å². The highest BCUT2D eigenvalue weighted by molar-refractivity contribution is 5.95. The number of rotatable bonds is 4. The molecule has 1 saturated heterocycles. The van der Waals surface area contributed by atoms with Crippen molar-refractivity contribution in [3.05, 3.63) is 34.9 Å². The van der Waals surface area contributed by atoms with E-state index in [0.29, 0.717) is 6.61 Å². The summed E-state index contributed by atoms with van der Waals surface area (Å²) in [6.45, 7) is 5.91. The van der Waals surface area contributed by atoms with Crippen LogP contribution in [0.15, 0.2) is 18.2 Å². The van der Waals surface area contributed by atoms with Crippen LogP contribution in [-0.4, -0.2) is 48.3 Å². The van der Waals surface area contributed by atoms with Gasteiger partial charge in [0.05, 0.1) is 19.3 Å². The summed E-state index contributed by atoms with van der Waals surface area (Å²) in [4.78, 5) is 14.4. The van der Waals surface area contributed by atoms with Gasteiger partial charge in [-0.2, -0.15) is 0 Å². The standard InChI is InChI=1S/C16H23NO3/c1-12-3-4-15(13(2)11-12)16(19)17-7-5-14(6-8-17)20-10-9-18/h3-4,11,14,18H,5-10H2,1-2H3. The summed E-state index contributed by atoms with van der Waals surface area (Å²) in [5.41, 5.74) is 3.01.